The predicted molar refractivity (Wildman–Crippen MR) is 59.1 cm³/mol. The van der Waals surface area contributed by atoms with Crippen molar-refractivity contribution >= 4 is 6.41 Å². The second kappa shape index (κ2) is 6.08. The van der Waals surface area contributed by atoms with E-state index in [0.29, 0.717) is 6.41 Å². The third kappa shape index (κ3) is 5.14. The van der Waals surface area contributed by atoms with Crippen molar-refractivity contribution < 1.29 is 14.7 Å². The number of nitrogens with zero attached hydrogens (tertiary/aromatic N) is 1. The summed E-state index contributed by atoms with van der Waals surface area (Å²) in [6.45, 7) is 9.54. The van der Waals surface area contributed by atoms with Gasteiger partial charge in [0.15, 0.2) is 0 Å². The minimum Gasteiger partial charge on any atom is -0.394 e. The van der Waals surface area contributed by atoms with Crippen LogP contribution in [0.25, 0.3) is 0 Å². The molecule has 0 bridgehead atoms. The van der Waals surface area contributed by atoms with Crippen molar-refractivity contribution in [1.82, 2.24) is 5.06 Å². The second-order valence-corrected chi connectivity index (χ2v) is 4.80. The highest BCUT2D eigenvalue weighted by Crippen LogP contribution is 2.18. The van der Waals surface area contributed by atoms with Crippen molar-refractivity contribution in [3.8, 4) is 0 Å². The van der Waals surface area contributed by atoms with Gasteiger partial charge in [-0.25, -0.2) is 5.06 Å². The molecule has 90 valence electrons. The van der Waals surface area contributed by atoms with Crippen LogP contribution >= 0.6 is 0 Å². The maximum absolute atomic E-state index is 10.9. The molecule has 0 aliphatic carbocycles. The van der Waals surface area contributed by atoms with Gasteiger partial charge in [0, 0.05) is 0 Å². The van der Waals surface area contributed by atoms with E-state index in [2.05, 4.69) is 0 Å². The zero-order valence-corrected chi connectivity index (χ0v) is 10.4. The molecule has 0 radical (unpaired) electrons. The summed E-state index contributed by atoms with van der Waals surface area (Å²) in [4.78, 5) is 16.4. The molecule has 0 fully saturated rings. The molecular formula is C11H23NO3. The van der Waals surface area contributed by atoms with E-state index in [4.69, 9.17) is 4.84 Å². The molecule has 0 heterocycles. The number of carbonyl (C=O) groups is 1. The molecule has 0 saturated heterocycles. The van der Waals surface area contributed by atoms with E-state index in [0.717, 1.165) is 6.42 Å². The average molecular weight is 217 g/mol. The fourth-order valence-electron chi connectivity index (χ4n) is 1.27. The lowest BCUT2D eigenvalue weighted by atomic mass is 10.00. The number of hydrogen-bond donors (Lipinski definition) is 1. The molecule has 1 N–H and O–H groups in total. The number of carbonyl (C=O) groups excluding carboxylic acids is 1. The van der Waals surface area contributed by atoms with Crippen LogP contribution in [0.5, 0.6) is 0 Å². The Bertz CT molecular complexity index is 189. The smallest absolute Gasteiger partial charge is 0.233 e. The van der Waals surface area contributed by atoms with Gasteiger partial charge < -0.3 is 5.11 Å². The van der Waals surface area contributed by atoms with Crippen molar-refractivity contribution in [2.24, 2.45) is 5.92 Å². The maximum Gasteiger partial charge on any atom is 0.233 e. The van der Waals surface area contributed by atoms with Crippen molar-refractivity contribution in [3.63, 3.8) is 0 Å². The molecule has 1 amide bonds. The monoisotopic (exact) mass is 217 g/mol. The molecule has 0 aliphatic rings. The zero-order valence-electron chi connectivity index (χ0n) is 10.4. The van der Waals surface area contributed by atoms with Gasteiger partial charge in [0.1, 0.15) is 0 Å². The number of hydrogen-bond acceptors (Lipinski definition) is 3. The fourth-order valence-corrected chi connectivity index (χ4v) is 1.27. The van der Waals surface area contributed by atoms with Crippen molar-refractivity contribution in [2.75, 3.05) is 6.61 Å². The van der Waals surface area contributed by atoms with Gasteiger partial charge in [0.05, 0.1) is 18.2 Å². The van der Waals surface area contributed by atoms with Gasteiger partial charge in [-0.05, 0) is 26.7 Å². The van der Waals surface area contributed by atoms with E-state index in [1.165, 1.54) is 5.06 Å². The van der Waals surface area contributed by atoms with Gasteiger partial charge in [0.25, 0.3) is 0 Å². The minimum absolute atomic E-state index is 0.0795. The molecule has 2 atom stereocenters. The van der Waals surface area contributed by atoms with Crippen LogP contribution < -0.4 is 0 Å². The first-order valence-corrected chi connectivity index (χ1v) is 5.39. The van der Waals surface area contributed by atoms with Crippen molar-refractivity contribution in [1.29, 1.82) is 0 Å². The van der Waals surface area contributed by atoms with Gasteiger partial charge >= 0.3 is 0 Å². The molecule has 0 aliphatic heterocycles. The summed E-state index contributed by atoms with van der Waals surface area (Å²) in [5.74, 6) is 0.211. The maximum atomic E-state index is 10.9. The summed E-state index contributed by atoms with van der Waals surface area (Å²) in [5.41, 5.74) is -0.429. The number of aliphatic hydroxyl groups excluding tert-OH is 1. The number of rotatable bonds is 6. The van der Waals surface area contributed by atoms with Gasteiger partial charge in [-0.3, -0.25) is 9.63 Å². The van der Waals surface area contributed by atoms with Crippen molar-refractivity contribution in [2.45, 2.75) is 52.7 Å². The molecule has 4 nitrogen and oxygen atoms in total. The van der Waals surface area contributed by atoms with Gasteiger partial charge in [0.2, 0.25) is 6.41 Å². The Morgan fingerprint density at radius 3 is 2.27 bits per heavy atom. The summed E-state index contributed by atoms with van der Waals surface area (Å²) in [6.07, 6.45) is 1.53. The van der Waals surface area contributed by atoms with Crippen LogP contribution in [-0.2, 0) is 9.63 Å². The Balaban J connectivity index is 4.54. The lowest BCUT2D eigenvalue weighted by Crippen LogP contribution is -2.45. The molecule has 0 aromatic rings. The van der Waals surface area contributed by atoms with Gasteiger partial charge in [-0.15, -0.1) is 0 Å². The van der Waals surface area contributed by atoms with Crippen molar-refractivity contribution in [3.05, 3.63) is 0 Å². The Morgan fingerprint density at radius 1 is 1.47 bits per heavy atom. The molecular weight excluding hydrogens is 194 g/mol. The van der Waals surface area contributed by atoms with E-state index in [-0.39, 0.29) is 18.6 Å². The molecule has 0 spiro atoms. The summed E-state index contributed by atoms with van der Waals surface area (Å²) in [5, 5.41) is 10.5. The van der Waals surface area contributed by atoms with E-state index in [1.807, 2.05) is 34.6 Å². The Kier molecular flexibility index (Phi) is 5.83. The Hall–Kier alpha value is -0.610. The first kappa shape index (κ1) is 14.4. The highest BCUT2D eigenvalue weighted by molar-refractivity contribution is 5.46. The molecule has 0 saturated carbocycles. The standard InChI is InChI=1S/C11H23NO3/c1-6-9(2)10(7-13)12(8-14)15-11(3,4)5/h8-10,13H,6-7H2,1-5H3. The summed E-state index contributed by atoms with van der Waals surface area (Å²) in [7, 11) is 0. The number of aliphatic hydroxyl groups is 1. The van der Waals surface area contributed by atoms with Crippen LogP contribution in [0.1, 0.15) is 41.0 Å². The molecule has 4 heteroatoms. The molecule has 0 aromatic carbocycles. The third-order valence-corrected chi connectivity index (χ3v) is 2.30. The first-order valence-electron chi connectivity index (χ1n) is 5.39. The molecule has 0 aromatic heterocycles. The number of amides is 1. The second-order valence-electron chi connectivity index (χ2n) is 4.80. The van der Waals surface area contributed by atoms with Gasteiger partial charge in [-0.2, -0.15) is 0 Å². The van der Waals surface area contributed by atoms with E-state index >= 15 is 0 Å². The SMILES string of the molecule is CCC(C)C(CO)N(C=O)OC(C)(C)C. The predicted octanol–water partition coefficient (Wildman–Crippen LogP) is 1.58. The van der Waals surface area contributed by atoms with E-state index < -0.39 is 5.60 Å². The van der Waals surface area contributed by atoms with Gasteiger partial charge in [-0.1, -0.05) is 20.3 Å². The first-order chi connectivity index (χ1) is 6.85. The molecule has 2 unspecified atom stereocenters. The molecule has 0 rings (SSSR count). The van der Waals surface area contributed by atoms with E-state index in [9.17, 15) is 9.90 Å². The zero-order chi connectivity index (χ0) is 12.1. The van der Waals surface area contributed by atoms with Crippen LogP contribution in [0.15, 0.2) is 0 Å². The Morgan fingerprint density at radius 2 is 2.00 bits per heavy atom. The summed E-state index contributed by atoms with van der Waals surface area (Å²) < 4.78 is 0. The highest BCUT2D eigenvalue weighted by atomic mass is 16.7. The van der Waals surface area contributed by atoms with Crippen LogP contribution in [0.3, 0.4) is 0 Å². The third-order valence-electron chi connectivity index (χ3n) is 2.30. The highest BCUT2D eigenvalue weighted by Gasteiger charge is 2.26. The minimum atomic E-state index is -0.429. The van der Waals surface area contributed by atoms with Crippen LogP contribution in [0, 0.1) is 5.92 Å². The molecule has 15 heavy (non-hydrogen) atoms. The summed E-state index contributed by atoms with van der Waals surface area (Å²) in [6, 6.07) is -0.272. The van der Waals surface area contributed by atoms with E-state index in [1.54, 1.807) is 0 Å². The van der Waals surface area contributed by atoms with Crippen LogP contribution in [0.4, 0.5) is 0 Å². The topological polar surface area (TPSA) is 49.8 Å². The lowest BCUT2D eigenvalue weighted by molar-refractivity contribution is -0.242. The van der Waals surface area contributed by atoms with Crippen LogP contribution in [-0.4, -0.2) is 34.8 Å². The number of hydroxylamine groups is 2. The summed E-state index contributed by atoms with van der Waals surface area (Å²) >= 11 is 0. The average Bonchev–Trinajstić information content (AvgIpc) is 2.15. The largest absolute Gasteiger partial charge is 0.394 e. The Labute approximate surface area is 92.2 Å². The fraction of sp³-hybridized carbons (Fsp3) is 0.909. The quantitative estimate of drug-likeness (QED) is 0.543. The van der Waals surface area contributed by atoms with Crippen LogP contribution in [0.2, 0.25) is 0 Å². The lowest BCUT2D eigenvalue weighted by Gasteiger charge is -2.34. The normalized spacial score (nSPS) is 15.9.